The van der Waals surface area contributed by atoms with Crippen molar-refractivity contribution in [1.29, 1.82) is 0 Å². The predicted molar refractivity (Wildman–Crippen MR) is 196 cm³/mol. The Morgan fingerprint density at radius 1 is 1.15 bits per heavy atom. The molecule has 0 radical (unpaired) electrons. The molecule has 2 N–H and O–H groups in total. The van der Waals surface area contributed by atoms with Crippen molar-refractivity contribution in [3.05, 3.63) is 35.5 Å². The minimum Gasteiger partial charge on any atom is -0.444 e. The summed E-state index contributed by atoms with van der Waals surface area (Å²) in [4.78, 5) is 46.5. The molecule has 1 aliphatic carbocycles. The number of amides is 2. The summed E-state index contributed by atoms with van der Waals surface area (Å²) in [7, 11) is 1.84. The first-order valence-electron chi connectivity index (χ1n) is 18.6. The van der Waals surface area contributed by atoms with Crippen LogP contribution in [-0.4, -0.2) is 110 Å². The van der Waals surface area contributed by atoms with E-state index in [2.05, 4.69) is 25.7 Å². The topological polar surface area (TPSA) is 152 Å². The first-order valence-corrected chi connectivity index (χ1v) is 18.6. The van der Waals surface area contributed by atoms with Gasteiger partial charge in [-0.1, -0.05) is 0 Å². The molecule has 5 heterocycles. The Kier molecular flexibility index (Phi) is 16.7. The molecule has 0 spiro atoms. The monoisotopic (exact) mass is 786 g/mol. The van der Waals surface area contributed by atoms with Gasteiger partial charge in [0.1, 0.15) is 17.0 Å². The van der Waals surface area contributed by atoms with Gasteiger partial charge in [-0.25, -0.2) is 23.1 Å². The minimum absolute atomic E-state index is 0.0515. The number of piperazine rings is 1. The lowest BCUT2D eigenvalue weighted by Gasteiger charge is -2.40. The maximum absolute atomic E-state index is 13.7. The van der Waals surface area contributed by atoms with E-state index in [0.717, 1.165) is 55.8 Å². The van der Waals surface area contributed by atoms with E-state index in [1.54, 1.807) is 26.4 Å². The van der Waals surface area contributed by atoms with E-state index in [0.29, 0.717) is 43.9 Å². The molecule has 19 heteroatoms. The van der Waals surface area contributed by atoms with E-state index in [4.69, 9.17) is 14.7 Å². The second-order valence-electron chi connectivity index (χ2n) is 14.6. The number of hydrogen-bond donors (Lipinski definition) is 2. The molecule has 3 aromatic rings. The number of carbonyl (C=O) groups excluding carboxylic acids is 3. The number of aryl methyl sites for hydroxylation is 2. The van der Waals surface area contributed by atoms with Crippen LogP contribution >= 0.6 is 0 Å². The molecule has 2 unspecified atom stereocenters. The largest absolute Gasteiger partial charge is 0.444 e. The second-order valence-corrected chi connectivity index (χ2v) is 14.6. The van der Waals surface area contributed by atoms with Crippen LogP contribution in [-0.2, 0) is 16.1 Å². The summed E-state index contributed by atoms with van der Waals surface area (Å²) in [6, 6.07) is 1.51. The number of alkyl halides is 5. The maximum atomic E-state index is 13.7. The van der Waals surface area contributed by atoms with Crippen LogP contribution in [0.4, 0.5) is 32.6 Å². The molecule has 2 amide bonds. The number of carbonyl (C=O) groups is 3. The lowest BCUT2D eigenvalue weighted by Crippen LogP contribution is -2.55. The molecule has 2 aliphatic heterocycles. The number of nitrogens with zero attached hydrogens (tertiary/aromatic N) is 8. The molecule has 3 aromatic heterocycles. The van der Waals surface area contributed by atoms with Crippen LogP contribution in [0, 0.1) is 12.8 Å². The zero-order valence-electron chi connectivity index (χ0n) is 32.7. The lowest BCUT2D eigenvalue weighted by molar-refractivity contribution is -0.122. The summed E-state index contributed by atoms with van der Waals surface area (Å²) in [5, 5.41) is 14.6. The molecule has 55 heavy (non-hydrogen) atoms. The fourth-order valence-electron chi connectivity index (χ4n) is 6.56. The van der Waals surface area contributed by atoms with Gasteiger partial charge in [0, 0.05) is 64.2 Å². The van der Waals surface area contributed by atoms with Gasteiger partial charge in [-0.05, 0) is 86.3 Å². The second kappa shape index (κ2) is 20.5. The molecule has 2 saturated heterocycles. The highest BCUT2D eigenvalue weighted by atomic mass is 19.4. The van der Waals surface area contributed by atoms with Crippen molar-refractivity contribution >= 4 is 29.9 Å². The summed E-state index contributed by atoms with van der Waals surface area (Å²) < 4.78 is 65.2. The molecule has 3 aliphatic rings. The van der Waals surface area contributed by atoms with Gasteiger partial charge in [0.25, 0.3) is 5.78 Å². The van der Waals surface area contributed by atoms with E-state index in [-0.39, 0.29) is 42.8 Å². The molecule has 308 valence electrons. The van der Waals surface area contributed by atoms with Gasteiger partial charge in [0.2, 0.25) is 11.8 Å². The Labute approximate surface area is 318 Å². The number of piperidine rings is 1. The quantitative estimate of drug-likeness (QED) is 0.220. The number of hydrogen-bond acceptors (Lipinski definition) is 10. The van der Waals surface area contributed by atoms with E-state index in [1.165, 1.54) is 0 Å². The van der Waals surface area contributed by atoms with Crippen molar-refractivity contribution in [3.8, 4) is 0 Å². The van der Waals surface area contributed by atoms with E-state index in [1.807, 2.05) is 54.8 Å². The zero-order valence-corrected chi connectivity index (χ0v) is 32.7. The van der Waals surface area contributed by atoms with Crippen molar-refractivity contribution in [1.82, 2.24) is 44.9 Å². The Bertz CT molecular complexity index is 1660. The van der Waals surface area contributed by atoms with Crippen molar-refractivity contribution in [2.45, 2.75) is 123 Å². The fourth-order valence-corrected chi connectivity index (χ4v) is 6.56. The number of anilines is 1. The van der Waals surface area contributed by atoms with Crippen molar-refractivity contribution in [3.63, 3.8) is 0 Å². The van der Waals surface area contributed by atoms with Gasteiger partial charge in [-0.3, -0.25) is 14.3 Å². The predicted octanol–water partition coefficient (Wildman–Crippen LogP) is 6.14. The summed E-state index contributed by atoms with van der Waals surface area (Å²) >= 11 is 0. The molecule has 2 atom stereocenters. The Hall–Kier alpha value is -4.42. The number of rotatable bonds is 6. The molecule has 3 fully saturated rings. The first kappa shape index (κ1) is 45.0. The van der Waals surface area contributed by atoms with Crippen molar-refractivity contribution in [2.75, 3.05) is 38.1 Å². The van der Waals surface area contributed by atoms with Crippen LogP contribution in [0.15, 0.2) is 18.5 Å². The number of imidazole rings is 1. The van der Waals surface area contributed by atoms with E-state index in [9.17, 15) is 36.3 Å². The van der Waals surface area contributed by atoms with Crippen LogP contribution in [0.5, 0.6) is 0 Å². The number of halogens is 5. The molecule has 0 aromatic carbocycles. The fraction of sp³-hybridized carbons (Fsp3) is 0.694. The highest BCUT2D eigenvalue weighted by molar-refractivity contribution is 5.76. The van der Waals surface area contributed by atoms with Crippen molar-refractivity contribution in [2.24, 2.45) is 5.92 Å². The number of aldehydes is 1. The third-order valence-corrected chi connectivity index (χ3v) is 9.22. The maximum Gasteiger partial charge on any atom is 0.410 e. The van der Waals surface area contributed by atoms with Crippen LogP contribution in [0.2, 0.25) is 0 Å². The third-order valence-electron chi connectivity index (χ3n) is 9.22. The van der Waals surface area contributed by atoms with Gasteiger partial charge < -0.3 is 25.2 Å². The molecule has 14 nitrogen and oxygen atoms in total. The lowest BCUT2D eigenvalue weighted by atomic mass is 9.81. The molecule has 6 rings (SSSR count). The Morgan fingerprint density at radius 3 is 2.31 bits per heavy atom. The zero-order chi connectivity index (χ0) is 40.9. The SMILES string of the molecule is CCn1nccc1C=O.CNC(c1cn2nc(C)c(N3CCN(C(=O)OC(C)(C)C)C(C)C3)nc2n1)C1CCC(F)(F)CC1.FC(F)F.O=C1CCCCN1. The van der Waals surface area contributed by atoms with Gasteiger partial charge in [0.15, 0.2) is 12.1 Å². The molecule has 0 bridgehead atoms. The van der Waals surface area contributed by atoms with Gasteiger partial charge in [-0.15, -0.1) is 0 Å². The van der Waals surface area contributed by atoms with Gasteiger partial charge in [-0.2, -0.15) is 28.4 Å². The van der Waals surface area contributed by atoms with Gasteiger partial charge >= 0.3 is 12.8 Å². The van der Waals surface area contributed by atoms with Crippen molar-refractivity contribution < 1.29 is 41.1 Å². The smallest absolute Gasteiger partial charge is 0.410 e. The standard InChI is InChI=1S/C24H37F2N7O2.C6H8N2O.C5H9NO.CHF3/c1-15-13-31(11-12-32(15)22(34)35-23(3,4)5)20-16(2)30-33-14-18(28-21(33)29-20)19(27-6)17-7-9-24(25,26)10-8-17;1-2-8-6(5-9)3-4-7-8;7-5-3-1-2-4-6-5;2-1(3)4/h14-15,17,19,27H,7-13H2,1-6H3;3-5H,2H2,1H3;1-4H2,(H,6,7);1H. The number of nitrogens with one attached hydrogen (secondary N) is 2. The highest BCUT2D eigenvalue weighted by Gasteiger charge is 2.38. The number of ether oxygens (including phenoxy) is 1. The minimum atomic E-state index is -3.67. The Balaban J connectivity index is 0.000000328. The summed E-state index contributed by atoms with van der Waals surface area (Å²) in [5.74, 6) is -1.04. The highest BCUT2D eigenvalue weighted by Crippen LogP contribution is 2.41. The summed E-state index contributed by atoms with van der Waals surface area (Å²) in [5.41, 5.74) is 1.63. The van der Waals surface area contributed by atoms with E-state index >= 15 is 0 Å². The summed E-state index contributed by atoms with van der Waals surface area (Å²) in [6.45, 7) is 11.1. The number of fused-ring (bicyclic) bond motifs is 1. The average Bonchev–Trinajstić information content (AvgIpc) is 3.75. The Morgan fingerprint density at radius 2 is 1.82 bits per heavy atom. The van der Waals surface area contributed by atoms with Gasteiger partial charge in [0.05, 0.1) is 17.9 Å². The van der Waals surface area contributed by atoms with Crippen LogP contribution < -0.4 is 15.5 Å². The molecular weight excluding hydrogens is 731 g/mol. The van der Waals surface area contributed by atoms with Crippen LogP contribution in [0.25, 0.3) is 5.78 Å². The van der Waals surface area contributed by atoms with E-state index < -0.39 is 18.2 Å². The van der Waals surface area contributed by atoms with Crippen LogP contribution in [0.3, 0.4) is 0 Å². The average molecular weight is 787 g/mol. The summed E-state index contributed by atoms with van der Waals surface area (Å²) in [6.07, 6.45) is 7.67. The molecule has 1 saturated carbocycles. The normalized spacial score (nSPS) is 19.2. The van der Waals surface area contributed by atoms with Crippen LogP contribution in [0.1, 0.15) is 107 Å². The molecular formula is C36H55F5N10O4. The third kappa shape index (κ3) is 14.0. The number of aromatic nitrogens is 6. The first-order chi connectivity index (χ1) is 25.9.